The molecule has 0 radical (unpaired) electrons. The molecule has 2 aromatic heterocycles. The van der Waals surface area contributed by atoms with Crippen molar-refractivity contribution >= 4 is 5.69 Å². The second kappa shape index (κ2) is 5.30. The van der Waals surface area contributed by atoms with Crippen LogP contribution in [0.15, 0.2) is 30.7 Å². The molecule has 19 heavy (non-hydrogen) atoms. The van der Waals surface area contributed by atoms with Crippen LogP contribution in [0.1, 0.15) is 26.3 Å². The van der Waals surface area contributed by atoms with Crippen LogP contribution in [-0.2, 0) is 12.1 Å². The maximum Gasteiger partial charge on any atom is 0.213 e. The van der Waals surface area contributed by atoms with Crippen LogP contribution in [0, 0.1) is 0 Å². The number of nitrogens with one attached hydrogen (secondary N) is 1. The first-order valence-electron chi connectivity index (χ1n) is 6.27. The molecule has 0 fully saturated rings. The minimum Gasteiger partial charge on any atom is -0.481 e. The number of hydrogen-bond donors (Lipinski definition) is 1. The molecule has 2 rings (SSSR count). The molecular weight excluding hydrogens is 240 g/mol. The second-order valence-electron chi connectivity index (χ2n) is 5.41. The van der Waals surface area contributed by atoms with E-state index in [2.05, 4.69) is 42.4 Å². The lowest BCUT2D eigenvalue weighted by atomic mass is 10.1. The largest absolute Gasteiger partial charge is 0.481 e. The van der Waals surface area contributed by atoms with Crippen molar-refractivity contribution in [3.63, 3.8) is 0 Å². The third kappa shape index (κ3) is 3.47. The highest BCUT2D eigenvalue weighted by Crippen LogP contribution is 2.15. The van der Waals surface area contributed by atoms with Crippen LogP contribution in [0.25, 0.3) is 0 Å². The Morgan fingerprint density at radius 3 is 2.58 bits per heavy atom. The molecule has 0 aromatic carbocycles. The fourth-order valence-electron chi connectivity index (χ4n) is 1.63. The van der Waals surface area contributed by atoms with Crippen molar-refractivity contribution in [3.05, 3.63) is 36.3 Å². The van der Waals surface area contributed by atoms with Gasteiger partial charge in [0, 0.05) is 24.4 Å². The van der Waals surface area contributed by atoms with E-state index in [0.717, 1.165) is 17.8 Å². The van der Waals surface area contributed by atoms with Crippen molar-refractivity contribution < 1.29 is 4.74 Å². The van der Waals surface area contributed by atoms with Gasteiger partial charge in [-0.3, -0.25) is 4.68 Å². The molecule has 0 spiro atoms. The van der Waals surface area contributed by atoms with Gasteiger partial charge in [0.1, 0.15) is 0 Å². The van der Waals surface area contributed by atoms with E-state index < -0.39 is 0 Å². The average Bonchev–Trinajstić information content (AvgIpc) is 2.86. The van der Waals surface area contributed by atoms with E-state index in [0.29, 0.717) is 5.88 Å². The highest BCUT2D eigenvalue weighted by Gasteiger charge is 2.13. The van der Waals surface area contributed by atoms with Gasteiger partial charge in [0.05, 0.1) is 30.7 Å². The van der Waals surface area contributed by atoms with Crippen molar-refractivity contribution in [1.82, 2.24) is 14.8 Å². The first-order chi connectivity index (χ1) is 8.99. The van der Waals surface area contributed by atoms with E-state index in [1.165, 1.54) is 0 Å². The maximum absolute atomic E-state index is 5.02. The highest BCUT2D eigenvalue weighted by atomic mass is 16.5. The van der Waals surface area contributed by atoms with Gasteiger partial charge in [-0.1, -0.05) is 0 Å². The SMILES string of the molecule is COc1ccc(NCc2cnn(C(C)(C)C)c2)cn1. The molecule has 0 saturated heterocycles. The van der Waals surface area contributed by atoms with Gasteiger partial charge in [0.2, 0.25) is 5.88 Å². The van der Waals surface area contributed by atoms with Gasteiger partial charge >= 0.3 is 0 Å². The summed E-state index contributed by atoms with van der Waals surface area (Å²) < 4.78 is 6.99. The van der Waals surface area contributed by atoms with Crippen LogP contribution in [-0.4, -0.2) is 21.9 Å². The molecule has 2 aromatic rings. The van der Waals surface area contributed by atoms with Crippen LogP contribution in [0.5, 0.6) is 5.88 Å². The molecule has 5 heteroatoms. The Balaban J connectivity index is 1.96. The summed E-state index contributed by atoms with van der Waals surface area (Å²) >= 11 is 0. The van der Waals surface area contributed by atoms with Crippen LogP contribution in [0.3, 0.4) is 0 Å². The zero-order valence-corrected chi connectivity index (χ0v) is 11.8. The lowest BCUT2D eigenvalue weighted by molar-refractivity contribution is 0.355. The van der Waals surface area contributed by atoms with E-state index in [9.17, 15) is 0 Å². The molecule has 102 valence electrons. The minimum absolute atomic E-state index is 0.0138. The number of methoxy groups -OCH3 is 1. The van der Waals surface area contributed by atoms with Gasteiger partial charge in [0.25, 0.3) is 0 Å². The van der Waals surface area contributed by atoms with Crippen LogP contribution >= 0.6 is 0 Å². The number of ether oxygens (including phenoxy) is 1. The Morgan fingerprint density at radius 2 is 2.05 bits per heavy atom. The van der Waals surface area contributed by atoms with Crippen molar-refractivity contribution in [1.29, 1.82) is 0 Å². The van der Waals surface area contributed by atoms with Crippen molar-refractivity contribution in [3.8, 4) is 5.88 Å². The molecular formula is C14H20N4O. The van der Waals surface area contributed by atoms with E-state index in [4.69, 9.17) is 4.74 Å². The minimum atomic E-state index is 0.0138. The zero-order chi connectivity index (χ0) is 13.9. The quantitative estimate of drug-likeness (QED) is 0.918. The fourth-order valence-corrected chi connectivity index (χ4v) is 1.63. The molecule has 0 aliphatic rings. The van der Waals surface area contributed by atoms with Crippen molar-refractivity contribution in [2.75, 3.05) is 12.4 Å². The fraction of sp³-hybridized carbons (Fsp3) is 0.429. The maximum atomic E-state index is 5.02. The first-order valence-corrected chi connectivity index (χ1v) is 6.27. The molecule has 0 amide bonds. The van der Waals surface area contributed by atoms with Gasteiger partial charge in [-0.25, -0.2) is 4.98 Å². The van der Waals surface area contributed by atoms with Crippen LogP contribution < -0.4 is 10.1 Å². The van der Waals surface area contributed by atoms with E-state index in [-0.39, 0.29) is 5.54 Å². The van der Waals surface area contributed by atoms with Crippen molar-refractivity contribution in [2.45, 2.75) is 32.9 Å². The normalized spacial score (nSPS) is 11.4. The Bertz CT molecular complexity index is 525. The van der Waals surface area contributed by atoms with Gasteiger partial charge in [0.15, 0.2) is 0 Å². The third-order valence-corrected chi connectivity index (χ3v) is 2.77. The molecule has 0 aliphatic heterocycles. The molecule has 0 saturated carbocycles. The lowest BCUT2D eigenvalue weighted by Gasteiger charge is -2.18. The summed E-state index contributed by atoms with van der Waals surface area (Å²) in [5.41, 5.74) is 2.12. The first kappa shape index (κ1) is 13.4. The summed E-state index contributed by atoms with van der Waals surface area (Å²) in [4.78, 5) is 4.15. The number of nitrogens with zero attached hydrogens (tertiary/aromatic N) is 3. The highest BCUT2D eigenvalue weighted by molar-refractivity contribution is 5.42. The summed E-state index contributed by atoms with van der Waals surface area (Å²) in [5, 5.41) is 7.67. The summed E-state index contributed by atoms with van der Waals surface area (Å²) in [6.07, 6.45) is 5.70. The molecule has 1 N–H and O–H groups in total. The second-order valence-corrected chi connectivity index (χ2v) is 5.41. The van der Waals surface area contributed by atoms with E-state index in [1.807, 2.05) is 23.0 Å². The van der Waals surface area contributed by atoms with Gasteiger partial charge in [-0.15, -0.1) is 0 Å². The number of rotatable bonds is 4. The number of pyridine rings is 1. The summed E-state index contributed by atoms with van der Waals surface area (Å²) in [6.45, 7) is 7.11. The summed E-state index contributed by atoms with van der Waals surface area (Å²) in [7, 11) is 1.61. The van der Waals surface area contributed by atoms with Gasteiger partial charge in [-0.05, 0) is 26.8 Å². The lowest BCUT2D eigenvalue weighted by Crippen LogP contribution is -2.21. The monoisotopic (exact) mass is 260 g/mol. The number of anilines is 1. The molecule has 2 heterocycles. The number of hydrogen-bond acceptors (Lipinski definition) is 4. The van der Waals surface area contributed by atoms with Crippen molar-refractivity contribution in [2.24, 2.45) is 0 Å². The van der Waals surface area contributed by atoms with E-state index in [1.54, 1.807) is 13.3 Å². The summed E-state index contributed by atoms with van der Waals surface area (Å²) in [6, 6.07) is 3.78. The molecule has 0 aliphatic carbocycles. The van der Waals surface area contributed by atoms with E-state index >= 15 is 0 Å². The van der Waals surface area contributed by atoms with Gasteiger partial charge in [-0.2, -0.15) is 5.10 Å². The standard InChI is InChI=1S/C14H20N4O/c1-14(2,3)18-10-11(8-17-18)7-15-12-5-6-13(19-4)16-9-12/h5-6,8-10,15H,7H2,1-4H3. The smallest absolute Gasteiger partial charge is 0.213 e. The average molecular weight is 260 g/mol. The molecule has 0 atom stereocenters. The van der Waals surface area contributed by atoms with Gasteiger partial charge < -0.3 is 10.1 Å². The predicted octanol–water partition coefficient (Wildman–Crippen LogP) is 2.65. The Morgan fingerprint density at radius 1 is 1.26 bits per heavy atom. The third-order valence-electron chi connectivity index (χ3n) is 2.77. The number of aromatic nitrogens is 3. The molecule has 5 nitrogen and oxygen atoms in total. The Kier molecular flexibility index (Phi) is 3.74. The Hall–Kier alpha value is -2.04. The van der Waals surface area contributed by atoms with Crippen LogP contribution in [0.4, 0.5) is 5.69 Å². The molecule has 0 unspecified atom stereocenters. The molecule has 0 bridgehead atoms. The predicted molar refractivity (Wildman–Crippen MR) is 75.3 cm³/mol. The zero-order valence-electron chi connectivity index (χ0n) is 11.8. The summed E-state index contributed by atoms with van der Waals surface area (Å²) in [5.74, 6) is 0.617. The topological polar surface area (TPSA) is 52.0 Å². The van der Waals surface area contributed by atoms with Crippen LogP contribution in [0.2, 0.25) is 0 Å². The Labute approximate surface area is 113 Å².